The van der Waals surface area contributed by atoms with Crippen LogP contribution in [0.15, 0.2) is 82.4 Å². The number of carbonyl (C=O) groups is 1. The lowest BCUT2D eigenvalue weighted by Gasteiger charge is -2.25. The lowest BCUT2D eigenvalue weighted by atomic mass is 10.0. The van der Waals surface area contributed by atoms with E-state index in [0.29, 0.717) is 23.1 Å². The molecule has 0 fully saturated rings. The minimum Gasteiger partial charge on any atom is -0.497 e. The van der Waals surface area contributed by atoms with Crippen LogP contribution in [-0.4, -0.2) is 43.5 Å². The quantitative estimate of drug-likeness (QED) is 0.347. The first kappa shape index (κ1) is 22.9. The monoisotopic (exact) mass is 461 g/mol. The van der Waals surface area contributed by atoms with E-state index in [-0.39, 0.29) is 11.9 Å². The zero-order valence-corrected chi connectivity index (χ0v) is 19.8. The molecule has 0 spiro atoms. The fourth-order valence-electron chi connectivity index (χ4n) is 3.65. The predicted octanol–water partition coefficient (Wildman–Crippen LogP) is 5.16. The number of thioether (sulfide) groups is 1. The van der Waals surface area contributed by atoms with Crippen molar-refractivity contribution in [3.8, 4) is 5.75 Å². The van der Waals surface area contributed by atoms with Crippen molar-refractivity contribution in [1.29, 1.82) is 0 Å². The number of aromatic nitrogens is 1. The summed E-state index contributed by atoms with van der Waals surface area (Å²) in [5.41, 5.74) is 4.27. The number of carbonyl (C=O) groups excluding carboxylic acids is 1. The average molecular weight is 462 g/mol. The topological polar surface area (TPSA) is 67.6 Å². The minimum absolute atomic E-state index is 0.0188. The molecule has 0 radical (unpaired) electrons. The zero-order valence-electron chi connectivity index (χ0n) is 18.9. The molecule has 3 aromatic carbocycles. The molecule has 0 aliphatic heterocycles. The summed E-state index contributed by atoms with van der Waals surface area (Å²) in [6.45, 7) is 0.478. The molecule has 1 atom stereocenters. The number of benzene rings is 3. The van der Waals surface area contributed by atoms with Crippen LogP contribution in [0.4, 0.5) is 0 Å². The summed E-state index contributed by atoms with van der Waals surface area (Å²) < 4.78 is 11.2. The standard InChI is InChI=1S/C26H27N3O3S/c1-29(2)23(18-10-8-11-20(15-18)31-3)16-27-25(30)21-12-5-4-9-19(21)17-33-26-28-22-13-6-7-14-24(22)32-26/h4-15,23H,16-17H2,1-3H3,(H,27,30). The minimum atomic E-state index is -0.0986. The number of nitrogens with zero attached hydrogens (tertiary/aromatic N) is 2. The molecule has 1 heterocycles. The van der Waals surface area contributed by atoms with Gasteiger partial charge in [0.25, 0.3) is 11.1 Å². The Balaban J connectivity index is 1.44. The van der Waals surface area contributed by atoms with E-state index in [0.717, 1.165) is 28.0 Å². The maximum atomic E-state index is 13.1. The Morgan fingerprint density at radius 2 is 1.88 bits per heavy atom. The molecule has 1 amide bonds. The van der Waals surface area contributed by atoms with Crippen LogP contribution in [0.3, 0.4) is 0 Å². The normalized spacial score (nSPS) is 12.1. The largest absolute Gasteiger partial charge is 0.497 e. The van der Waals surface area contributed by atoms with Gasteiger partial charge >= 0.3 is 0 Å². The summed E-state index contributed by atoms with van der Waals surface area (Å²) in [7, 11) is 5.66. The summed E-state index contributed by atoms with van der Waals surface area (Å²) >= 11 is 1.48. The van der Waals surface area contributed by atoms with Crippen LogP contribution < -0.4 is 10.1 Å². The molecule has 1 N–H and O–H groups in total. The molecule has 4 rings (SSSR count). The van der Waals surface area contributed by atoms with Crippen LogP contribution in [0.1, 0.15) is 27.5 Å². The van der Waals surface area contributed by atoms with Gasteiger partial charge in [0.15, 0.2) is 5.58 Å². The maximum Gasteiger partial charge on any atom is 0.257 e. The Bertz CT molecular complexity index is 1210. The van der Waals surface area contributed by atoms with E-state index in [1.165, 1.54) is 11.8 Å². The van der Waals surface area contributed by atoms with E-state index in [4.69, 9.17) is 9.15 Å². The number of rotatable bonds is 9. The second-order valence-corrected chi connectivity index (χ2v) is 8.79. The highest BCUT2D eigenvalue weighted by atomic mass is 32.2. The van der Waals surface area contributed by atoms with Crippen molar-refractivity contribution in [2.24, 2.45) is 0 Å². The number of oxazole rings is 1. The maximum absolute atomic E-state index is 13.1. The number of likely N-dealkylation sites (N-methyl/N-ethyl adjacent to an activating group) is 1. The number of hydrogen-bond donors (Lipinski definition) is 1. The number of para-hydroxylation sites is 2. The van der Waals surface area contributed by atoms with Gasteiger partial charge in [-0.3, -0.25) is 4.79 Å². The third-order valence-electron chi connectivity index (χ3n) is 5.45. The number of nitrogens with one attached hydrogen (secondary N) is 1. The van der Waals surface area contributed by atoms with Crippen LogP contribution in [-0.2, 0) is 5.75 Å². The second kappa shape index (κ2) is 10.6. The van der Waals surface area contributed by atoms with Gasteiger partial charge in [0, 0.05) is 17.9 Å². The first-order chi connectivity index (χ1) is 16.0. The first-order valence-electron chi connectivity index (χ1n) is 10.7. The van der Waals surface area contributed by atoms with Gasteiger partial charge in [-0.1, -0.05) is 54.2 Å². The van der Waals surface area contributed by atoms with Crippen LogP contribution in [0.2, 0.25) is 0 Å². The number of methoxy groups -OCH3 is 1. The Morgan fingerprint density at radius 1 is 1.09 bits per heavy atom. The van der Waals surface area contributed by atoms with Gasteiger partial charge in [-0.15, -0.1) is 0 Å². The van der Waals surface area contributed by atoms with Crippen molar-refractivity contribution in [3.63, 3.8) is 0 Å². The highest BCUT2D eigenvalue weighted by Crippen LogP contribution is 2.27. The Kier molecular flexibility index (Phi) is 7.32. The first-order valence-corrected chi connectivity index (χ1v) is 11.7. The fraction of sp³-hybridized carbons (Fsp3) is 0.231. The molecule has 6 nitrogen and oxygen atoms in total. The number of ether oxygens (including phenoxy) is 1. The van der Waals surface area contributed by atoms with Crippen molar-refractivity contribution in [2.75, 3.05) is 27.7 Å². The molecule has 1 unspecified atom stereocenters. The molecule has 4 aromatic rings. The van der Waals surface area contributed by atoms with Gasteiger partial charge in [0.2, 0.25) is 0 Å². The van der Waals surface area contributed by atoms with E-state index in [2.05, 4.69) is 15.2 Å². The summed E-state index contributed by atoms with van der Waals surface area (Å²) in [6, 6.07) is 23.3. The molecular weight excluding hydrogens is 434 g/mol. The Labute approximate surface area is 198 Å². The summed E-state index contributed by atoms with van der Waals surface area (Å²) in [4.78, 5) is 19.7. The van der Waals surface area contributed by atoms with Gasteiger partial charge in [-0.2, -0.15) is 0 Å². The summed E-state index contributed by atoms with van der Waals surface area (Å²) in [5, 5.41) is 3.70. The summed E-state index contributed by atoms with van der Waals surface area (Å²) in [5.74, 6) is 1.29. The zero-order chi connectivity index (χ0) is 23.2. The molecule has 0 bridgehead atoms. The van der Waals surface area contributed by atoms with Gasteiger partial charge in [0.05, 0.1) is 13.2 Å². The fourth-order valence-corrected chi connectivity index (χ4v) is 4.49. The number of hydrogen-bond acceptors (Lipinski definition) is 6. The molecule has 0 saturated heterocycles. The molecule has 33 heavy (non-hydrogen) atoms. The molecule has 1 aromatic heterocycles. The van der Waals surface area contributed by atoms with E-state index in [1.807, 2.05) is 86.9 Å². The molecule has 0 aliphatic carbocycles. The molecule has 170 valence electrons. The van der Waals surface area contributed by atoms with Crippen LogP contribution in [0, 0.1) is 0 Å². The Morgan fingerprint density at radius 3 is 2.67 bits per heavy atom. The van der Waals surface area contributed by atoms with Crippen LogP contribution >= 0.6 is 11.8 Å². The van der Waals surface area contributed by atoms with Crippen molar-refractivity contribution >= 4 is 28.8 Å². The van der Waals surface area contributed by atoms with Gasteiger partial charge in [0.1, 0.15) is 11.3 Å². The van der Waals surface area contributed by atoms with Crippen LogP contribution in [0.5, 0.6) is 5.75 Å². The van der Waals surface area contributed by atoms with Crippen molar-refractivity contribution in [2.45, 2.75) is 17.0 Å². The van der Waals surface area contributed by atoms with Gasteiger partial charge in [-0.25, -0.2) is 4.98 Å². The molecule has 0 aliphatic rings. The molecule has 0 saturated carbocycles. The van der Waals surface area contributed by atoms with Gasteiger partial charge < -0.3 is 19.4 Å². The third kappa shape index (κ3) is 5.56. The highest BCUT2D eigenvalue weighted by Gasteiger charge is 2.18. The highest BCUT2D eigenvalue weighted by molar-refractivity contribution is 7.98. The third-order valence-corrected chi connectivity index (χ3v) is 6.32. The van der Waals surface area contributed by atoms with Crippen molar-refractivity contribution in [1.82, 2.24) is 15.2 Å². The summed E-state index contributed by atoms with van der Waals surface area (Å²) in [6.07, 6.45) is 0. The van der Waals surface area contributed by atoms with E-state index in [1.54, 1.807) is 7.11 Å². The van der Waals surface area contributed by atoms with Crippen molar-refractivity contribution in [3.05, 3.63) is 89.5 Å². The lowest BCUT2D eigenvalue weighted by molar-refractivity contribution is 0.0941. The Hall–Kier alpha value is -3.29. The SMILES string of the molecule is COc1cccc(C(CNC(=O)c2ccccc2CSc2nc3ccccc3o2)N(C)C)c1. The smallest absolute Gasteiger partial charge is 0.257 e. The second-order valence-electron chi connectivity index (χ2n) is 7.86. The van der Waals surface area contributed by atoms with E-state index < -0.39 is 0 Å². The predicted molar refractivity (Wildman–Crippen MR) is 132 cm³/mol. The van der Waals surface area contributed by atoms with Crippen molar-refractivity contribution < 1.29 is 13.9 Å². The molecule has 7 heteroatoms. The van der Waals surface area contributed by atoms with E-state index in [9.17, 15) is 4.79 Å². The number of amides is 1. The van der Waals surface area contributed by atoms with Gasteiger partial charge in [-0.05, 0) is 55.6 Å². The lowest BCUT2D eigenvalue weighted by Crippen LogP contribution is -2.34. The number of fused-ring (bicyclic) bond motifs is 1. The average Bonchev–Trinajstić information content (AvgIpc) is 3.26. The van der Waals surface area contributed by atoms with Crippen LogP contribution in [0.25, 0.3) is 11.1 Å². The van der Waals surface area contributed by atoms with E-state index >= 15 is 0 Å². The molecular formula is C26H27N3O3S.